The molecule has 0 aliphatic heterocycles. The van der Waals surface area contributed by atoms with Crippen LogP contribution in [-0.2, 0) is 11.2 Å². The number of carbonyl (C=O) groups excluding carboxylic acids is 2. The minimum absolute atomic E-state index is 0.0295. The van der Waals surface area contributed by atoms with Crippen LogP contribution in [0.5, 0.6) is 0 Å². The molecule has 0 saturated heterocycles. The molecule has 2 aromatic carbocycles. The first-order chi connectivity index (χ1) is 13.8. The Labute approximate surface area is 170 Å². The quantitative estimate of drug-likeness (QED) is 0.636. The minimum Gasteiger partial charge on any atom is -0.481 e. The number of amides is 3. The molecule has 1 unspecified atom stereocenters. The number of carbonyl (C=O) groups is 3. The van der Waals surface area contributed by atoms with Gasteiger partial charge in [-0.1, -0.05) is 30.3 Å². The SMILES string of the molecule is Cc1cc(NC(=O)NC(CCC(=O)O)Cc2ccccc2)ccc1C(=O)N(C)C. The number of nitrogens with zero attached hydrogens (tertiary/aromatic N) is 1. The topological polar surface area (TPSA) is 98.7 Å². The van der Waals surface area contributed by atoms with Crippen LogP contribution in [0.25, 0.3) is 0 Å². The largest absolute Gasteiger partial charge is 0.481 e. The molecule has 2 rings (SSSR count). The van der Waals surface area contributed by atoms with E-state index in [2.05, 4.69) is 10.6 Å². The van der Waals surface area contributed by atoms with Gasteiger partial charge in [-0.2, -0.15) is 0 Å². The highest BCUT2D eigenvalue weighted by Gasteiger charge is 2.16. The second-order valence-electron chi connectivity index (χ2n) is 7.15. The van der Waals surface area contributed by atoms with E-state index < -0.39 is 12.0 Å². The predicted molar refractivity (Wildman–Crippen MR) is 112 cm³/mol. The fourth-order valence-electron chi connectivity index (χ4n) is 3.00. The number of rotatable bonds is 8. The van der Waals surface area contributed by atoms with Crippen LogP contribution in [0.2, 0.25) is 0 Å². The van der Waals surface area contributed by atoms with Gasteiger partial charge >= 0.3 is 12.0 Å². The maximum atomic E-state index is 12.5. The second kappa shape index (κ2) is 10.3. The van der Waals surface area contributed by atoms with Crippen molar-refractivity contribution in [3.63, 3.8) is 0 Å². The molecule has 0 bridgehead atoms. The number of hydrogen-bond acceptors (Lipinski definition) is 3. The number of aliphatic carboxylic acids is 1. The van der Waals surface area contributed by atoms with Crippen LogP contribution in [0.4, 0.5) is 10.5 Å². The number of aryl methyl sites for hydroxylation is 1. The molecule has 0 saturated carbocycles. The summed E-state index contributed by atoms with van der Waals surface area (Å²) in [4.78, 5) is 37.0. The monoisotopic (exact) mass is 397 g/mol. The van der Waals surface area contributed by atoms with Crippen molar-refractivity contribution in [3.05, 3.63) is 65.2 Å². The summed E-state index contributed by atoms with van der Waals surface area (Å²) in [6.45, 7) is 1.81. The van der Waals surface area contributed by atoms with E-state index in [0.717, 1.165) is 11.1 Å². The molecule has 0 aliphatic rings. The van der Waals surface area contributed by atoms with Crippen molar-refractivity contribution in [3.8, 4) is 0 Å². The van der Waals surface area contributed by atoms with E-state index >= 15 is 0 Å². The Hall–Kier alpha value is -3.35. The zero-order chi connectivity index (χ0) is 21.4. The number of benzene rings is 2. The molecule has 7 nitrogen and oxygen atoms in total. The van der Waals surface area contributed by atoms with Gasteiger partial charge in [-0.15, -0.1) is 0 Å². The van der Waals surface area contributed by atoms with E-state index in [4.69, 9.17) is 5.11 Å². The molecule has 29 heavy (non-hydrogen) atoms. The van der Waals surface area contributed by atoms with Crippen LogP contribution in [0.15, 0.2) is 48.5 Å². The Balaban J connectivity index is 2.04. The van der Waals surface area contributed by atoms with Crippen LogP contribution in [0.3, 0.4) is 0 Å². The molecule has 7 heteroatoms. The summed E-state index contributed by atoms with van der Waals surface area (Å²) >= 11 is 0. The van der Waals surface area contributed by atoms with Crippen LogP contribution in [0.1, 0.15) is 34.3 Å². The first-order valence-electron chi connectivity index (χ1n) is 9.42. The lowest BCUT2D eigenvalue weighted by Crippen LogP contribution is -2.39. The zero-order valence-corrected chi connectivity index (χ0v) is 16.9. The molecule has 0 radical (unpaired) electrons. The summed E-state index contributed by atoms with van der Waals surface area (Å²) in [6, 6.07) is 14.0. The van der Waals surface area contributed by atoms with Gasteiger partial charge in [0.05, 0.1) is 0 Å². The highest BCUT2D eigenvalue weighted by molar-refractivity contribution is 5.96. The molecule has 3 amide bonds. The van der Waals surface area contributed by atoms with Gasteiger partial charge in [0.2, 0.25) is 0 Å². The van der Waals surface area contributed by atoms with Gasteiger partial charge in [-0.05, 0) is 49.1 Å². The van der Waals surface area contributed by atoms with E-state index in [1.165, 1.54) is 4.90 Å². The number of hydrogen-bond donors (Lipinski definition) is 3. The van der Waals surface area contributed by atoms with E-state index in [0.29, 0.717) is 24.1 Å². The number of carboxylic acid groups (broad SMARTS) is 1. The van der Waals surface area contributed by atoms with Crippen molar-refractivity contribution < 1.29 is 19.5 Å². The third-order valence-corrected chi connectivity index (χ3v) is 4.49. The van der Waals surface area contributed by atoms with Crippen molar-refractivity contribution in [2.45, 2.75) is 32.2 Å². The first kappa shape index (κ1) is 21.9. The summed E-state index contributed by atoms with van der Waals surface area (Å²) in [6.07, 6.45) is 0.835. The van der Waals surface area contributed by atoms with Crippen LogP contribution in [0, 0.1) is 6.92 Å². The van der Waals surface area contributed by atoms with Gasteiger partial charge in [0, 0.05) is 37.8 Å². The van der Waals surface area contributed by atoms with Gasteiger partial charge in [-0.3, -0.25) is 9.59 Å². The fraction of sp³-hybridized carbons (Fsp3) is 0.318. The predicted octanol–water partition coefficient (Wildman–Crippen LogP) is 3.29. The molecular formula is C22H27N3O4. The van der Waals surface area contributed by atoms with E-state index in [1.54, 1.807) is 32.3 Å². The van der Waals surface area contributed by atoms with Gasteiger partial charge in [0.15, 0.2) is 0 Å². The molecule has 0 aliphatic carbocycles. The summed E-state index contributed by atoms with van der Waals surface area (Å²) in [5, 5.41) is 14.6. The summed E-state index contributed by atoms with van der Waals surface area (Å²) < 4.78 is 0. The lowest BCUT2D eigenvalue weighted by molar-refractivity contribution is -0.137. The molecular weight excluding hydrogens is 370 g/mol. The molecule has 0 heterocycles. The fourth-order valence-corrected chi connectivity index (χ4v) is 3.00. The molecule has 1 atom stereocenters. The Morgan fingerprint density at radius 1 is 1.07 bits per heavy atom. The highest BCUT2D eigenvalue weighted by Crippen LogP contribution is 2.17. The lowest BCUT2D eigenvalue weighted by Gasteiger charge is -2.19. The Morgan fingerprint density at radius 3 is 2.34 bits per heavy atom. The molecule has 0 fully saturated rings. The summed E-state index contributed by atoms with van der Waals surface area (Å²) in [5.74, 6) is -1.00. The van der Waals surface area contributed by atoms with Crippen molar-refractivity contribution >= 4 is 23.6 Å². The summed E-state index contributed by atoms with van der Waals surface area (Å²) in [5.41, 5.74) is 2.91. The smallest absolute Gasteiger partial charge is 0.319 e. The average molecular weight is 397 g/mol. The van der Waals surface area contributed by atoms with E-state index in [1.807, 2.05) is 37.3 Å². The maximum absolute atomic E-state index is 12.5. The van der Waals surface area contributed by atoms with E-state index in [-0.39, 0.29) is 18.4 Å². The maximum Gasteiger partial charge on any atom is 0.319 e. The first-order valence-corrected chi connectivity index (χ1v) is 9.42. The van der Waals surface area contributed by atoms with Crippen LogP contribution >= 0.6 is 0 Å². The van der Waals surface area contributed by atoms with Gasteiger partial charge in [-0.25, -0.2) is 4.79 Å². The lowest BCUT2D eigenvalue weighted by atomic mass is 10.0. The van der Waals surface area contributed by atoms with Crippen molar-refractivity contribution in [2.24, 2.45) is 0 Å². The van der Waals surface area contributed by atoms with E-state index in [9.17, 15) is 14.4 Å². The molecule has 0 aromatic heterocycles. The number of nitrogens with one attached hydrogen (secondary N) is 2. The van der Waals surface area contributed by atoms with Crippen LogP contribution in [-0.4, -0.2) is 48.1 Å². The Kier molecular flexibility index (Phi) is 7.77. The number of carboxylic acids is 1. The third kappa shape index (κ3) is 6.95. The molecule has 2 aromatic rings. The summed E-state index contributed by atoms with van der Waals surface area (Å²) in [7, 11) is 3.37. The third-order valence-electron chi connectivity index (χ3n) is 4.49. The van der Waals surface area contributed by atoms with Crippen molar-refractivity contribution in [2.75, 3.05) is 19.4 Å². The minimum atomic E-state index is -0.901. The second-order valence-corrected chi connectivity index (χ2v) is 7.15. The highest BCUT2D eigenvalue weighted by atomic mass is 16.4. The van der Waals surface area contributed by atoms with Gasteiger partial charge in [0.1, 0.15) is 0 Å². The molecule has 154 valence electrons. The molecule has 3 N–H and O–H groups in total. The standard InChI is InChI=1S/C22H27N3O4/c1-15-13-17(9-11-19(15)21(28)25(2)3)23-22(29)24-18(10-12-20(26)27)14-16-7-5-4-6-8-16/h4-9,11,13,18H,10,12,14H2,1-3H3,(H,26,27)(H2,23,24,29). The normalized spacial score (nSPS) is 11.4. The Morgan fingerprint density at radius 2 is 1.76 bits per heavy atom. The van der Waals surface area contributed by atoms with Crippen molar-refractivity contribution in [1.82, 2.24) is 10.2 Å². The number of urea groups is 1. The Bertz CT molecular complexity index is 866. The van der Waals surface area contributed by atoms with Gasteiger partial charge < -0.3 is 20.6 Å². The van der Waals surface area contributed by atoms with Crippen molar-refractivity contribution in [1.29, 1.82) is 0 Å². The van der Waals surface area contributed by atoms with Crippen LogP contribution < -0.4 is 10.6 Å². The number of anilines is 1. The average Bonchev–Trinajstić information content (AvgIpc) is 2.66. The van der Waals surface area contributed by atoms with Gasteiger partial charge in [0.25, 0.3) is 5.91 Å². The molecule has 0 spiro atoms. The zero-order valence-electron chi connectivity index (χ0n) is 16.9.